The van der Waals surface area contributed by atoms with Crippen molar-refractivity contribution in [2.24, 2.45) is 0 Å². The number of epoxide rings is 1. The second-order valence-corrected chi connectivity index (χ2v) is 20.9. The van der Waals surface area contributed by atoms with Gasteiger partial charge < -0.3 is 0 Å². The Kier molecular flexibility index (Phi) is 9.08. The van der Waals surface area contributed by atoms with E-state index >= 15 is 0 Å². The maximum atomic E-state index is 7.52. The zero-order valence-corrected chi connectivity index (χ0v) is 20.5. The minimum atomic E-state index is -2.55. The Bertz CT molecular complexity index is 350. The van der Waals surface area contributed by atoms with Crippen molar-refractivity contribution < 1.29 is 7.81 Å². The second-order valence-electron chi connectivity index (χ2n) is 9.25. The summed E-state index contributed by atoms with van der Waals surface area (Å²) in [6.45, 7) is 10.3. The van der Waals surface area contributed by atoms with Gasteiger partial charge in [-0.25, -0.2) is 0 Å². The van der Waals surface area contributed by atoms with Crippen LogP contribution in [0.2, 0.25) is 13.3 Å². The molecule has 1 heterocycles. The first-order chi connectivity index (χ1) is 12.0. The molecule has 2 aliphatic rings. The van der Waals surface area contributed by atoms with Crippen LogP contribution in [0.3, 0.4) is 0 Å². The fraction of sp³-hybridized carbons (Fsp3) is 1.00. The Labute approximate surface area is 162 Å². The Morgan fingerprint density at radius 2 is 1.32 bits per heavy atom. The maximum absolute atomic E-state index is 7.52. The van der Waals surface area contributed by atoms with Gasteiger partial charge in [-0.1, -0.05) is 0 Å². The van der Waals surface area contributed by atoms with E-state index in [1.165, 1.54) is 90.4 Å². The fourth-order valence-corrected chi connectivity index (χ4v) is 19.9. The number of hydrogen-bond donors (Lipinski definition) is 0. The van der Waals surface area contributed by atoms with Crippen LogP contribution in [-0.2, 0) is 7.81 Å². The average molecular weight is 459 g/mol. The minimum absolute atomic E-state index is 0.134. The molecule has 1 unspecified atom stereocenters. The van der Waals surface area contributed by atoms with Gasteiger partial charge >= 0.3 is 162 Å². The van der Waals surface area contributed by atoms with E-state index in [1.807, 2.05) is 0 Å². The number of unbranched alkanes of at least 4 members (excludes halogenated alkanes) is 3. The molecule has 0 aromatic heterocycles. The van der Waals surface area contributed by atoms with Gasteiger partial charge in [-0.3, -0.25) is 0 Å². The van der Waals surface area contributed by atoms with Crippen LogP contribution in [0.25, 0.3) is 0 Å². The first-order valence-corrected chi connectivity index (χ1v) is 18.6. The van der Waals surface area contributed by atoms with Crippen LogP contribution in [0, 0.1) is 0 Å². The summed E-state index contributed by atoms with van der Waals surface area (Å²) in [6.07, 6.45) is 16.1. The van der Waals surface area contributed by atoms with Crippen molar-refractivity contribution >= 4 is 18.8 Å². The summed E-state index contributed by atoms with van der Waals surface area (Å²) in [6, 6.07) is 0. The van der Waals surface area contributed by atoms with Gasteiger partial charge in [0, 0.05) is 0 Å². The molecule has 0 aromatic carbocycles. The van der Waals surface area contributed by atoms with E-state index in [0.717, 1.165) is 6.61 Å². The van der Waals surface area contributed by atoms with E-state index in [9.17, 15) is 0 Å². The van der Waals surface area contributed by atoms with Gasteiger partial charge in [-0.05, 0) is 0 Å². The molecular weight excluding hydrogens is 415 g/mol. The van der Waals surface area contributed by atoms with Crippen molar-refractivity contribution in [2.75, 3.05) is 6.61 Å². The molecule has 0 amide bonds. The van der Waals surface area contributed by atoms with Gasteiger partial charge in [-0.2, -0.15) is 0 Å². The van der Waals surface area contributed by atoms with E-state index < -0.39 is 18.8 Å². The third kappa shape index (κ3) is 6.99. The van der Waals surface area contributed by atoms with Gasteiger partial charge in [0.05, 0.1) is 0 Å². The van der Waals surface area contributed by atoms with Crippen molar-refractivity contribution in [3.63, 3.8) is 0 Å². The quantitative estimate of drug-likeness (QED) is 0.214. The molecule has 1 aliphatic carbocycles. The van der Waals surface area contributed by atoms with Gasteiger partial charge in [0.1, 0.15) is 0 Å². The van der Waals surface area contributed by atoms with E-state index in [1.54, 1.807) is 0 Å². The van der Waals surface area contributed by atoms with Crippen molar-refractivity contribution in [1.29, 1.82) is 0 Å². The predicted octanol–water partition coefficient (Wildman–Crippen LogP) is 7.23. The first-order valence-electron chi connectivity index (χ1n) is 11.4. The predicted molar refractivity (Wildman–Crippen MR) is 111 cm³/mol. The molecule has 0 N–H and O–H groups in total. The molecule has 2 fully saturated rings. The van der Waals surface area contributed by atoms with Crippen molar-refractivity contribution in [3.05, 3.63) is 0 Å². The SMILES string of the molecule is CCC[CH2][Sn]([CH2]CCC)([CH2]CCC)[O]C1(CC2(C)CO2)CCCCC1. The summed E-state index contributed by atoms with van der Waals surface area (Å²) in [5, 5.41) is 0. The third-order valence-electron chi connectivity index (χ3n) is 6.49. The topological polar surface area (TPSA) is 21.8 Å². The molecule has 1 saturated carbocycles. The Morgan fingerprint density at radius 1 is 0.840 bits per heavy atom. The van der Waals surface area contributed by atoms with Crippen LogP contribution in [0.15, 0.2) is 0 Å². The molecule has 0 bridgehead atoms. The second kappa shape index (κ2) is 10.3. The van der Waals surface area contributed by atoms with Gasteiger partial charge in [0.25, 0.3) is 0 Å². The molecule has 2 rings (SSSR count). The van der Waals surface area contributed by atoms with Crippen molar-refractivity contribution in [1.82, 2.24) is 0 Å². The standard InChI is InChI=1S/C10H17O2.3C4H9.Sn/c1-9(8-12-9)7-10(11)5-3-2-4-6-10;3*1-3-4-2;/h2-8H2,1H3;3*1,3-4H2,2H3;/q-1;;;;+1. The summed E-state index contributed by atoms with van der Waals surface area (Å²) in [5.74, 6) is 0. The Hall–Kier alpha value is 0.719. The van der Waals surface area contributed by atoms with Crippen LogP contribution in [0.5, 0.6) is 0 Å². The van der Waals surface area contributed by atoms with Crippen LogP contribution in [0.1, 0.15) is 105 Å². The summed E-state index contributed by atoms with van der Waals surface area (Å²) >= 11 is -2.55. The molecule has 0 radical (unpaired) electrons. The van der Waals surface area contributed by atoms with Crippen LogP contribution >= 0.6 is 0 Å². The first kappa shape index (κ1) is 22.0. The Morgan fingerprint density at radius 3 is 1.72 bits per heavy atom. The fourth-order valence-electron chi connectivity index (χ4n) is 4.90. The molecule has 1 atom stereocenters. The molecule has 148 valence electrons. The molecule has 0 aromatic rings. The normalized spacial score (nSPS) is 25.9. The van der Waals surface area contributed by atoms with Gasteiger partial charge in [0.2, 0.25) is 0 Å². The molecule has 1 aliphatic heterocycles. The number of ether oxygens (including phenoxy) is 1. The van der Waals surface area contributed by atoms with Crippen molar-refractivity contribution in [3.8, 4) is 0 Å². The van der Waals surface area contributed by atoms with E-state index in [0.29, 0.717) is 0 Å². The molecule has 3 heteroatoms. The summed E-state index contributed by atoms with van der Waals surface area (Å²) in [5.41, 5.74) is 0.310. The zero-order valence-electron chi connectivity index (χ0n) is 17.6. The molecule has 2 nitrogen and oxygen atoms in total. The molecule has 0 spiro atoms. The molecule has 25 heavy (non-hydrogen) atoms. The van der Waals surface area contributed by atoms with Gasteiger partial charge in [-0.15, -0.1) is 0 Å². The van der Waals surface area contributed by atoms with E-state index in [4.69, 9.17) is 7.81 Å². The number of rotatable bonds is 13. The van der Waals surface area contributed by atoms with Crippen LogP contribution in [-0.4, -0.2) is 36.6 Å². The molecular formula is C22H44O2Sn. The third-order valence-corrected chi connectivity index (χ3v) is 19.8. The van der Waals surface area contributed by atoms with Gasteiger partial charge in [0.15, 0.2) is 0 Å². The zero-order chi connectivity index (χ0) is 18.2. The summed E-state index contributed by atoms with van der Waals surface area (Å²) in [7, 11) is 0. The summed E-state index contributed by atoms with van der Waals surface area (Å²) in [4.78, 5) is 0. The monoisotopic (exact) mass is 460 g/mol. The van der Waals surface area contributed by atoms with Crippen molar-refractivity contribution in [2.45, 2.75) is 129 Å². The van der Waals surface area contributed by atoms with E-state index in [-0.39, 0.29) is 11.2 Å². The number of hydrogen-bond acceptors (Lipinski definition) is 2. The Balaban J connectivity index is 2.18. The molecule has 1 saturated heterocycles. The summed E-state index contributed by atoms with van der Waals surface area (Å²) < 4.78 is 17.7. The van der Waals surface area contributed by atoms with Crippen LogP contribution in [0.4, 0.5) is 0 Å². The van der Waals surface area contributed by atoms with Crippen LogP contribution < -0.4 is 0 Å². The van der Waals surface area contributed by atoms with E-state index in [2.05, 4.69) is 27.7 Å². The average Bonchev–Trinajstić information content (AvgIpc) is 3.33.